The van der Waals surface area contributed by atoms with Crippen molar-refractivity contribution in [3.8, 4) is 11.5 Å². The Bertz CT molecular complexity index is 799. The summed E-state index contributed by atoms with van der Waals surface area (Å²) in [6.07, 6.45) is 2.45. The van der Waals surface area contributed by atoms with Crippen LogP contribution in [0.5, 0.6) is 11.5 Å². The van der Waals surface area contributed by atoms with Crippen LogP contribution in [0.2, 0.25) is 0 Å². The van der Waals surface area contributed by atoms with Crippen LogP contribution in [0.4, 0.5) is 5.82 Å². The number of amides is 1. The van der Waals surface area contributed by atoms with Crippen LogP contribution in [-0.4, -0.2) is 38.8 Å². The third-order valence-corrected chi connectivity index (χ3v) is 3.13. The molecule has 126 valence electrons. The lowest BCUT2D eigenvalue weighted by atomic mass is 10.2. The number of nitrogens with one attached hydrogen (secondary N) is 1. The maximum atomic E-state index is 11.8. The Balaban J connectivity index is 2.01. The molecule has 0 fully saturated rings. The van der Waals surface area contributed by atoms with Gasteiger partial charge in [-0.05, 0) is 28.7 Å². The zero-order chi connectivity index (χ0) is 17.7. The molecule has 2 N–H and O–H groups in total. The van der Waals surface area contributed by atoms with E-state index in [1.807, 2.05) is 0 Å². The van der Waals surface area contributed by atoms with E-state index in [0.717, 1.165) is 6.20 Å². The summed E-state index contributed by atoms with van der Waals surface area (Å²) in [5.74, 6) is -0.197. The fraction of sp³-hybridized carbons (Fsp3) is 0.214. The molecule has 24 heavy (non-hydrogen) atoms. The molecule has 10 heteroatoms. The number of nitro groups is 1. The van der Waals surface area contributed by atoms with E-state index >= 15 is 0 Å². The number of nitrogens with zero attached hydrogens (tertiary/aromatic N) is 4. The van der Waals surface area contributed by atoms with E-state index in [-0.39, 0.29) is 23.9 Å². The third-order valence-electron chi connectivity index (χ3n) is 3.13. The number of hydrogen-bond acceptors (Lipinski definition) is 7. The molecular weight excluding hydrogens is 318 g/mol. The molecule has 1 aromatic carbocycles. The molecule has 1 heterocycles. The summed E-state index contributed by atoms with van der Waals surface area (Å²) in [6, 6.07) is 4.55. The molecule has 0 bridgehead atoms. The lowest BCUT2D eigenvalue weighted by Gasteiger charge is -2.04. The number of aryl methyl sites for hydroxylation is 1. The predicted molar refractivity (Wildman–Crippen MR) is 84.0 cm³/mol. The van der Waals surface area contributed by atoms with Gasteiger partial charge in [0.25, 0.3) is 5.91 Å². The summed E-state index contributed by atoms with van der Waals surface area (Å²) in [7, 11) is 1.41. The van der Waals surface area contributed by atoms with Crippen molar-refractivity contribution < 1.29 is 19.6 Å². The zero-order valence-corrected chi connectivity index (χ0v) is 13.0. The second-order valence-corrected chi connectivity index (χ2v) is 4.73. The largest absolute Gasteiger partial charge is 0.504 e. The van der Waals surface area contributed by atoms with Crippen molar-refractivity contribution >= 4 is 17.9 Å². The Hall–Kier alpha value is -3.43. The van der Waals surface area contributed by atoms with Crippen molar-refractivity contribution in [2.45, 2.75) is 13.5 Å². The second-order valence-electron chi connectivity index (χ2n) is 4.73. The average Bonchev–Trinajstić information content (AvgIpc) is 2.90. The highest BCUT2D eigenvalue weighted by atomic mass is 16.6. The van der Waals surface area contributed by atoms with Crippen LogP contribution in [0.25, 0.3) is 0 Å². The van der Waals surface area contributed by atoms with Gasteiger partial charge in [0.15, 0.2) is 23.9 Å². The van der Waals surface area contributed by atoms with E-state index in [9.17, 15) is 20.0 Å². The van der Waals surface area contributed by atoms with Crippen LogP contribution in [0, 0.1) is 17.0 Å². The first-order valence-corrected chi connectivity index (χ1v) is 6.77. The average molecular weight is 333 g/mol. The lowest BCUT2D eigenvalue weighted by molar-refractivity contribution is -0.392. The number of ether oxygens (including phenoxy) is 1. The minimum Gasteiger partial charge on any atom is -0.504 e. The molecule has 10 nitrogen and oxygen atoms in total. The quantitative estimate of drug-likeness (QED) is 0.460. The Kier molecular flexibility index (Phi) is 5.09. The maximum Gasteiger partial charge on any atom is 0.343 e. The molecule has 0 unspecified atom stereocenters. The molecule has 0 spiro atoms. The third kappa shape index (κ3) is 3.85. The lowest BCUT2D eigenvalue weighted by Crippen LogP contribution is -2.24. The van der Waals surface area contributed by atoms with E-state index in [0.29, 0.717) is 11.4 Å². The highest BCUT2D eigenvalue weighted by Crippen LogP contribution is 2.25. The number of carbonyl (C=O) groups is 1. The van der Waals surface area contributed by atoms with Crippen LogP contribution in [0.3, 0.4) is 0 Å². The SMILES string of the molecule is COc1cc(/C=N/NC(=O)Cn2c([N+](=O)[O-])cnc2C)ccc1O. The zero-order valence-electron chi connectivity index (χ0n) is 13.0. The summed E-state index contributed by atoms with van der Waals surface area (Å²) >= 11 is 0. The van der Waals surface area contributed by atoms with Crippen LogP contribution < -0.4 is 10.2 Å². The number of phenols is 1. The second kappa shape index (κ2) is 7.22. The molecular formula is C14H15N5O5. The van der Waals surface area contributed by atoms with Crippen molar-refractivity contribution in [3.05, 3.63) is 45.9 Å². The van der Waals surface area contributed by atoms with Gasteiger partial charge in [-0.25, -0.2) is 15.0 Å². The van der Waals surface area contributed by atoms with Gasteiger partial charge in [0.1, 0.15) is 6.20 Å². The van der Waals surface area contributed by atoms with Gasteiger partial charge in [0.2, 0.25) is 0 Å². The van der Waals surface area contributed by atoms with E-state index in [1.165, 1.54) is 30.0 Å². The Morgan fingerprint density at radius 3 is 3.00 bits per heavy atom. The van der Waals surface area contributed by atoms with Gasteiger partial charge in [-0.2, -0.15) is 5.10 Å². The molecule has 2 rings (SSSR count). The van der Waals surface area contributed by atoms with Crippen LogP contribution in [0.15, 0.2) is 29.5 Å². The number of benzene rings is 1. The number of aromatic hydroxyl groups is 1. The number of hydrogen-bond donors (Lipinski definition) is 2. The maximum absolute atomic E-state index is 11.8. The summed E-state index contributed by atoms with van der Waals surface area (Å²) in [6.45, 7) is 1.28. The van der Waals surface area contributed by atoms with E-state index in [1.54, 1.807) is 13.0 Å². The number of hydrazone groups is 1. The fourth-order valence-corrected chi connectivity index (χ4v) is 1.93. The fourth-order valence-electron chi connectivity index (χ4n) is 1.93. The molecule has 0 radical (unpaired) electrons. The number of aromatic nitrogens is 2. The van der Waals surface area contributed by atoms with E-state index < -0.39 is 10.8 Å². The van der Waals surface area contributed by atoms with Gasteiger partial charge in [-0.15, -0.1) is 0 Å². The van der Waals surface area contributed by atoms with Gasteiger partial charge in [0, 0.05) is 6.92 Å². The summed E-state index contributed by atoms with van der Waals surface area (Å²) in [4.78, 5) is 25.9. The van der Waals surface area contributed by atoms with E-state index in [2.05, 4.69) is 15.5 Å². The Morgan fingerprint density at radius 2 is 2.33 bits per heavy atom. The van der Waals surface area contributed by atoms with Crippen molar-refractivity contribution in [2.75, 3.05) is 7.11 Å². The number of phenolic OH excluding ortho intramolecular Hbond substituents is 1. The van der Waals surface area contributed by atoms with Gasteiger partial charge < -0.3 is 20.0 Å². The molecule has 0 aliphatic carbocycles. The molecule has 0 saturated carbocycles. The monoisotopic (exact) mass is 333 g/mol. The van der Waals surface area contributed by atoms with Crippen LogP contribution in [-0.2, 0) is 11.3 Å². The molecule has 0 saturated heterocycles. The van der Waals surface area contributed by atoms with Crippen LogP contribution in [0.1, 0.15) is 11.4 Å². The topological polar surface area (TPSA) is 132 Å². The van der Waals surface area contributed by atoms with Crippen molar-refractivity contribution in [3.63, 3.8) is 0 Å². The summed E-state index contributed by atoms with van der Waals surface area (Å²) < 4.78 is 6.13. The van der Waals surface area contributed by atoms with Gasteiger partial charge in [-0.3, -0.25) is 4.79 Å². The molecule has 1 amide bonds. The molecule has 0 aliphatic rings. The number of rotatable bonds is 6. The predicted octanol–water partition coefficient (Wildman–Crippen LogP) is 0.964. The normalized spacial score (nSPS) is 10.8. The minimum atomic E-state index is -0.612. The first kappa shape index (κ1) is 16.9. The first-order chi connectivity index (χ1) is 11.4. The minimum absolute atomic E-state index is 0.0124. The number of imidazole rings is 1. The number of carbonyl (C=O) groups excluding carboxylic acids is 1. The highest BCUT2D eigenvalue weighted by Gasteiger charge is 2.19. The first-order valence-electron chi connectivity index (χ1n) is 6.77. The van der Waals surface area contributed by atoms with Gasteiger partial charge in [0.05, 0.1) is 13.3 Å². The smallest absolute Gasteiger partial charge is 0.343 e. The standard InChI is InChI=1S/C14H15N5O5/c1-9-15-7-14(19(22)23)18(9)8-13(21)17-16-6-10-3-4-11(20)12(5-10)24-2/h3-7,20H,8H2,1-2H3,(H,17,21)/b16-6+. The summed E-state index contributed by atoms with van der Waals surface area (Å²) in [5.41, 5.74) is 2.86. The highest BCUT2D eigenvalue weighted by molar-refractivity contribution is 5.83. The molecule has 1 aromatic heterocycles. The van der Waals surface area contributed by atoms with Crippen LogP contribution >= 0.6 is 0 Å². The molecule has 0 aliphatic heterocycles. The Morgan fingerprint density at radius 1 is 1.58 bits per heavy atom. The van der Waals surface area contributed by atoms with Crippen molar-refractivity contribution in [1.82, 2.24) is 15.0 Å². The van der Waals surface area contributed by atoms with Crippen molar-refractivity contribution in [1.29, 1.82) is 0 Å². The van der Waals surface area contributed by atoms with E-state index in [4.69, 9.17) is 4.74 Å². The molecule has 2 aromatic rings. The molecule has 0 atom stereocenters. The Labute approximate surface area is 136 Å². The summed E-state index contributed by atoms with van der Waals surface area (Å²) in [5, 5.41) is 24.1. The number of methoxy groups -OCH3 is 1. The van der Waals surface area contributed by atoms with Gasteiger partial charge >= 0.3 is 5.82 Å². The van der Waals surface area contributed by atoms with Gasteiger partial charge in [-0.1, -0.05) is 0 Å². The van der Waals surface area contributed by atoms with Crippen molar-refractivity contribution in [2.24, 2.45) is 5.10 Å².